The third-order valence-corrected chi connectivity index (χ3v) is 3.84. The summed E-state index contributed by atoms with van der Waals surface area (Å²) in [7, 11) is 0. The highest BCUT2D eigenvalue weighted by atomic mass is 32.2. The molecule has 0 radical (unpaired) electrons. The van der Waals surface area contributed by atoms with Crippen molar-refractivity contribution in [3.05, 3.63) is 69.5 Å². The summed E-state index contributed by atoms with van der Waals surface area (Å²) < 4.78 is 12.8. The Labute approximate surface area is 124 Å². The molecule has 2 rings (SSSR count). The van der Waals surface area contributed by atoms with E-state index in [1.54, 1.807) is 12.1 Å². The molecule has 0 aliphatic rings. The SMILES string of the molecule is NC(=O)c1ccc(CSc2ccc(F)cc2)c([N+](=O)[O-])c1. The van der Waals surface area contributed by atoms with Gasteiger partial charge in [0.05, 0.1) is 4.92 Å². The summed E-state index contributed by atoms with van der Waals surface area (Å²) in [6, 6.07) is 9.99. The van der Waals surface area contributed by atoms with E-state index in [0.717, 1.165) is 4.90 Å². The number of halogens is 1. The third kappa shape index (κ3) is 3.79. The van der Waals surface area contributed by atoms with Gasteiger partial charge in [-0.2, -0.15) is 0 Å². The second-order valence-corrected chi connectivity index (χ2v) is 5.26. The molecule has 2 N–H and O–H groups in total. The molecule has 108 valence electrons. The van der Waals surface area contributed by atoms with Gasteiger partial charge in [-0.1, -0.05) is 6.07 Å². The fraction of sp³-hybridized carbons (Fsp3) is 0.0714. The van der Waals surface area contributed by atoms with E-state index in [2.05, 4.69) is 0 Å². The maximum atomic E-state index is 12.8. The lowest BCUT2D eigenvalue weighted by Crippen LogP contribution is -2.11. The van der Waals surface area contributed by atoms with Gasteiger partial charge in [-0.3, -0.25) is 14.9 Å². The summed E-state index contributed by atoms with van der Waals surface area (Å²) in [5.41, 5.74) is 5.52. The van der Waals surface area contributed by atoms with Gasteiger partial charge in [0.15, 0.2) is 0 Å². The molecule has 0 saturated carbocycles. The number of rotatable bonds is 5. The van der Waals surface area contributed by atoms with Gasteiger partial charge in [-0.25, -0.2) is 4.39 Å². The molecule has 0 fully saturated rings. The molecule has 1 amide bonds. The average Bonchev–Trinajstić information content (AvgIpc) is 2.46. The van der Waals surface area contributed by atoms with Crippen LogP contribution in [0.5, 0.6) is 0 Å². The molecular weight excluding hydrogens is 295 g/mol. The summed E-state index contributed by atoms with van der Waals surface area (Å²) in [6.45, 7) is 0. The number of nitro groups is 1. The van der Waals surface area contributed by atoms with Crippen molar-refractivity contribution in [3.8, 4) is 0 Å². The Morgan fingerprint density at radius 3 is 2.48 bits per heavy atom. The zero-order valence-corrected chi connectivity index (χ0v) is 11.6. The number of hydrogen-bond donors (Lipinski definition) is 1. The van der Waals surface area contributed by atoms with Crippen LogP contribution in [0.3, 0.4) is 0 Å². The summed E-state index contributed by atoms with van der Waals surface area (Å²) >= 11 is 1.34. The van der Waals surface area contributed by atoms with Crippen LogP contribution in [-0.2, 0) is 5.75 Å². The maximum absolute atomic E-state index is 12.8. The van der Waals surface area contributed by atoms with Crippen LogP contribution in [0, 0.1) is 15.9 Å². The van der Waals surface area contributed by atoms with E-state index in [0.29, 0.717) is 11.3 Å². The van der Waals surface area contributed by atoms with Crippen molar-refractivity contribution in [1.82, 2.24) is 0 Å². The predicted molar refractivity (Wildman–Crippen MR) is 77.6 cm³/mol. The fourth-order valence-electron chi connectivity index (χ4n) is 1.70. The van der Waals surface area contributed by atoms with Gasteiger partial charge >= 0.3 is 0 Å². The number of benzene rings is 2. The van der Waals surface area contributed by atoms with Crippen LogP contribution >= 0.6 is 11.8 Å². The number of thioether (sulfide) groups is 1. The highest BCUT2D eigenvalue weighted by molar-refractivity contribution is 7.98. The zero-order valence-electron chi connectivity index (χ0n) is 10.8. The molecule has 0 saturated heterocycles. The molecule has 0 heterocycles. The van der Waals surface area contributed by atoms with Gasteiger partial charge in [0.2, 0.25) is 5.91 Å². The average molecular weight is 306 g/mol. The van der Waals surface area contributed by atoms with Gasteiger partial charge in [0, 0.05) is 27.8 Å². The van der Waals surface area contributed by atoms with Crippen molar-refractivity contribution in [2.75, 3.05) is 0 Å². The smallest absolute Gasteiger partial charge is 0.274 e. The monoisotopic (exact) mass is 306 g/mol. The first-order chi connectivity index (χ1) is 9.97. The Morgan fingerprint density at radius 1 is 1.24 bits per heavy atom. The zero-order chi connectivity index (χ0) is 15.4. The van der Waals surface area contributed by atoms with Gasteiger partial charge in [-0.15, -0.1) is 11.8 Å². The summed E-state index contributed by atoms with van der Waals surface area (Å²) in [6.07, 6.45) is 0. The largest absolute Gasteiger partial charge is 0.366 e. The fourth-order valence-corrected chi connectivity index (χ4v) is 2.60. The Morgan fingerprint density at radius 2 is 1.90 bits per heavy atom. The molecular formula is C14H11FN2O3S. The maximum Gasteiger partial charge on any atom is 0.274 e. The van der Waals surface area contributed by atoms with Gasteiger partial charge in [-0.05, 0) is 30.3 Å². The van der Waals surface area contributed by atoms with Crippen LogP contribution in [-0.4, -0.2) is 10.8 Å². The highest BCUT2D eigenvalue weighted by Crippen LogP contribution is 2.28. The van der Waals surface area contributed by atoms with E-state index >= 15 is 0 Å². The Balaban J connectivity index is 2.21. The Kier molecular flexibility index (Phi) is 4.54. The Bertz CT molecular complexity index is 689. The normalized spacial score (nSPS) is 10.3. The first-order valence-electron chi connectivity index (χ1n) is 5.93. The van der Waals surface area contributed by atoms with Crippen LogP contribution in [0.1, 0.15) is 15.9 Å². The first-order valence-corrected chi connectivity index (χ1v) is 6.91. The number of nitro benzene ring substituents is 1. The lowest BCUT2D eigenvalue weighted by Gasteiger charge is -2.05. The predicted octanol–water partition coefficient (Wildman–Crippen LogP) is 3.13. The van der Waals surface area contributed by atoms with Crippen molar-refractivity contribution in [2.45, 2.75) is 10.6 Å². The molecule has 2 aromatic rings. The number of carbonyl (C=O) groups excluding carboxylic acids is 1. The molecule has 0 aliphatic heterocycles. The minimum atomic E-state index is -0.712. The molecule has 2 aromatic carbocycles. The van der Waals surface area contributed by atoms with Gasteiger partial charge in [0.25, 0.3) is 5.69 Å². The minimum Gasteiger partial charge on any atom is -0.366 e. The van der Waals surface area contributed by atoms with Crippen molar-refractivity contribution >= 4 is 23.4 Å². The van der Waals surface area contributed by atoms with Crippen LogP contribution in [0.2, 0.25) is 0 Å². The van der Waals surface area contributed by atoms with E-state index < -0.39 is 10.8 Å². The molecule has 0 atom stereocenters. The summed E-state index contributed by atoms with van der Waals surface area (Å²) in [5.74, 6) is -0.715. The van der Waals surface area contributed by atoms with E-state index in [9.17, 15) is 19.3 Å². The number of nitrogens with two attached hydrogens (primary N) is 1. The molecule has 5 nitrogen and oxygen atoms in total. The third-order valence-electron chi connectivity index (χ3n) is 2.77. The number of primary amides is 1. The molecule has 0 spiro atoms. The molecule has 0 bridgehead atoms. The molecule has 21 heavy (non-hydrogen) atoms. The molecule has 0 unspecified atom stereocenters. The van der Waals surface area contributed by atoms with E-state index in [-0.39, 0.29) is 17.1 Å². The standard InChI is InChI=1S/C14H11FN2O3S/c15-11-3-5-12(6-4-11)21-8-10-2-1-9(14(16)18)7-13(10)17(19)20/h1-7H,8H2,(H2,16,18). The second-order valence-electron chi connectivity index (χ2n) is 4.21. The van der Waals surface area contributed by atoms with Crippen LogP contribution in [0.25, 0.3) is 0 Å². The van der Waals surface area contributed by atoms with E-state index in [1.165, 1.54) is 42.1 Å². The number of carbonyl (C=O) groups is 1. The number of amides is 1. The van der Waals surface area contributed by atoms with Crippen molar-refractivity contribution in [1.29, 1.82) is 0 Å². The Hall–Kier alpha value is -2.41. The highest BCUT2D eigenvalue weighted by Gasteiger charge is 2.16. The van der Waals surface area contributed by atoms with Crippen molar-refractivity contribution < 1.29 is 14.1 Å². The summed E-state index contributed by atoms with van der Waals surface area (Å²) in [5, 5.41) is 11.0. The molecule has 7 heteroatoms. The first kappa shape index (κ1) is 15.0. The molecule has 0 aliphatic carbocycles. The number of nitrogens with zero attached hydrogens (tertiary/aromatic N) is 1. The van der Waals surface area contributed by atoms with Gasteiger partial charge < -0.3 is 5.73 Å². The van der Waals surface area contributed by atoms with Crippen LogP contribution in [0.4, 0.5) is 10.1 Å². The van der Waals surface area contributed by atoms with Crippen LogP contribution < -0.4 is 5.73 Å². The van der Waals surface area contributed by atoms with Crippen molar-refractivity contribution in [2.24, 2.45) is 5.73 Å². The minimum absolute atomic E-state index is 0.0947. The lowest BCUT2D eigenvalue weighted by atomic mass is 10.1. The lowest BCUT2D eigenvalue weighted by molar-refractivity contribution is -0.385. The van der Waals surface area contributed by atoms with Crippen LogP contribution in [0.15, 0.2) is 47.4 Å². The van der Waals surface area contributed by atoms with Crippen molar-refractivity contribution in [3.63, 3.8) is 0 Å². The summed E-state index contributed by atoms with van der Waals surface area (Å²) in [4.78, 5) is 22.4. The van der Waals surface area contributed by atoms with E-state index in [1.807, 2.05) is 0 Å². The molecule has 0 aromatic heterocycles. The topological polar surface area (TPSA) is 86.2 Å². The second kappa shape index (κ2) is 6.36. The van der Waals surface area contributed by atoms with Gasteiger partial charge in [0.1, 0.15) is 5.82 Å². The van der Waals surface area contributed by atoms with E-state index in [4.69, 9.17) is 5.73 Å². The number of hydrogen-bond acceptors (Lipinski definition) is 4. The quantitative estimate of drug-likeness (QED) is 0.522.